The Kier molecular flexibility index (Phi) is 6.35. The van der Waals surface area contributed by atoms with Gasteiger partial charge in [-0.25, -0.2) is 4.98 Å². The van der Waals surface area contributed by atoms with Crippen LogP contribution in [-0.2, 0) is 6.42 Å². The van der Waals surface area contributed by atoms with E-state index < -0.39 is 0 Å². The average molecular weight is 476 g/mol. The van der Waals surface area contributed by atoms with Gasteiger partial charge >= 0.3 is 0 Å². The molecule has 0 radical (unpaired) electrons. The Hall–Kier alpha value is -4.67. The molecule has 0 unspecified atom stereocenters. The SMILES string of the molecule is COc1cc2ncc3c(N)nc(-c4cncc(C#C[C@@H](N)Cc5ccccc5)c4)cc3c2cc1OC. The third-order valence-corrected chi connectivity index (χ3v) is 5.95. The highest BCUT2D eigenvalue weighted by Crippen LogP contribution is 2.36. The van der Waals surface area contributed by atoms with E-state index in [0.717, 1.165) is 38.4 Å². The lowest BCUT2D eigenvalue weighted by molar-refractivity contribution is 0.356. The third kappa shape index (κ3) is 4.63. The highest BCUT2D eigenvalue weighted by molar-refractivity contribution is 6.10. The molecule has 5 aromatic rings. The summed E-state index contributed by atoms with van der Waals surface area (Å²) in [5.41, 5.74) is 16.7. The van der Waals surface area contributed by atoms with Gasteiger partial charge in [-0.1, -0.05) is 42.2 Å². The van der Waals surface area contributed by atoms with Crippen LogP contribution in [0, 0.1) is 11.8 Å². The van der Waals surface area contributed by atoms with E-state index in [1.54, 1.807) is 32.8 Å². The van der Waals surface area contributed by atoms with Gasteiger partial charge in [-0.2, -0.15) is 0 Å². The second-order valence-electron chi connectivity index (χ2n) is 8.36. The molecule has 178 valence electrons. The van der Waals surface area contributed by atoms with E-state index in [1.807, 2.05) is 54.6 Å². The number of pyridine rings is 3. The molecular formula is C29H25N5O2. The predicted molar refractivity (Wildman–Crippen MR) is 143 cm³/mol. The summed E-state index contributed by atoms with van der Waals surface area (Å²) in [6.45, 7) is 0. The maximum atomic E-state index is 6.35. The molecule has 0 spiro atoms. The summed E-state index contributed by atoms with van der Waals surface area (Å²) in [6.07, 6.45) is 5.87. The molecule has 5 rings (SSSR count). The predicted octanol–water partition coefficient (Wildman–Crippen LogP) is 4.37. The van der Waals surface area contributed by atoms with Gasteiger partial charge in [0, 0.05) is 46.6 Å². The van der Waals surface area contributed by atoms with Crippen molar-refractivity contribution in [3.63, 3.8) is 0 Å². The van der Waals surface area contributed by atoms with Crippen LogP contribution in [0.5, 0.6) is 11.5 Å². The molecule has 0 saturated heterocycles. The van der Waals surface area contributed by atoms with Gasteiger partial charge < -0.3 is 20.9 Å². The first-order valence-corrected chi connectivity index (χ1v) is 11.4. The lowest BCUT2D eigenvalue weighted by Crippen LogP contribution is -2.20. The molecule has 1 atom stereocenters. The molecule has 0 saturated carbocycles. The van der Waals surface area contributed by atoms with Crippen LogP contribution in [0.1, 0.15) is 11.1 Å². The average Bonchev–Trinajstić information content (AvgIpc) is 2.91. The summed E-state index contributed by atoms with van der Waals surface area (Å²) in [7, 11) is 3.20. The number of ether oxygens (including phenoxy) is 2. The van der Waals surface area contributed by atoms with Crippen LogP contribution >= 0.6 is 0 Å². The van der Waals surface area contributed by atoms with Crippen molar-refractivity contribution in [3.8, 4) is 34.6 Å². The maximum absolute atomic E-state index is 6.35. The molecule has 0 amide bonds. The van der Waals surface area contributed by atoms with Crippen LogP contribution in [0.15, 0.2) is 73.2 Å². The zero-order chi connectivity index (χ0) is 25.1. The van der Waals surface area contributed by atoms with Gasteiger partial charge in [-0.3, -0.25) is 9.97 Å². The van der Waals surface area contributed by atoms with Crippen LogP contribution in [0.25, 0.3) is 32.9 Å². The molecule has 0 aliphatic carbocycles. The minimum absolute atomic E-state index is 0.281. The van der Waals surface area contributed by atoms with Gasteiger partial charge in [0.1, 0.15) is 5.82 Å². The Balaban J connectivity index is 1.53. The van der Waals surface area contributed by atoms with Crippen LogP contribution in [0.4, 0.5) is 5.82 Å². The lowest BCUT2D eigenvalue weighted by atomic mass is 10.0. The van der Waals surface area contributed by atoms with Crippen LogP contribution < -0.4 is 20.9 Å². The van der Waals surface area contributed by atoms with E-state index in [-0.39, 0.29) is 6.04 Å². The molecule has 36 heavy (non-hydrogen) atoms. The van der Waals surface area contributed by atoms with E-state index in [2.05, 4.69) is 26.8 Å². The van der Waals surface area contributed by atoms with Crippen molar-refractivity contribution in [2.75, 3.05) is 20.0 Å². The molecule has 2 aromatic carbocycles. The molecule has 0 aliphatic heterocycles. The van der Waals surface area contributed by atoms with Crippen molar-refractivity contribution in [1.29, 1.82) is 0 Å². The van der Waals surface area contributed by atoms with Crippen LogP contribution in [0.2, 0.25) is 0 Å². The number of nitrogens with zero attached hydrogens (tertiary/aromatic N) is 3. The molecule has 7 heteroatoms. The Labute approximate surface area is 209 Å². The summed E-state index contributed by atoms with van der Waals surface area (Å²) in [5, 5.41) is 2.55. The summed E-state index contributed by atoms with van der Waals surface area (Å²) in [4.78, 5) is 13.5. The maximum Gasteiger partial charge on any atom is 0.162 e. The standard InChI is InChI=1S/C29H25N5O2/c1-35-27-13-23-22-12-25(34-29(31)24(22)17-33-26(23)14-28(27)36-2)20-10-19(15-32-16-20)8-9-21(30)11-18-6-4-3-5-7-18/h3-7,10,12-17,21H,11,30H2,1-2H3,(H2,31,34)/t21-/m1/s1. The smallest absolute Gasteiger partial charge is 0.162 e. The third-order valence-electron chi connectivity index (χ3n) is 5.95. The normalized spacial score (nSPS) is 11.6. The number of methoxy groups -OCH3 is 2. The van der Waals surface area contributed by atoms with Crippen molar-refractivity contribution in [1.82, 2.24) is 15.0 Å². The molecule has 4 N–H and O–H groups in total. The number of nitrogens with two attached hydrogens (primary N) is 2. The lowest BCUT2D eigenvalue weighted by Gasteiger charge is -2.12. The number of fused-ring (bicyclic) bond motifs is 3. The zero-order valence-electron chi connectivity index (χ0n) is 20.0. The van der Waals surface area contributed by atoms with Crippen molar-refractivity contribution >= 4 is 27.5 Å². The zero-order valence-corrected chi connectivity index (χ0v) is 20.0. The molecule has 3 aromatic heterocycles. The number of hydrogen-bond donors (Lipinski definition) is 2. The van der Waals surface area contributed by atoms with Gasteiger partial charge in [-0.05, 0) is 35.6 Å². The fourth-order valence-corrected chi connectivity index (χ4v) is 4.15. The number of nitrogen functional groups attached to an aromatic ring is 1. The molecule has 0 bridgehead atoms. The van der Waals surface area contributed by atoms with E-state index in [0.29, 0.717) is 29.4 Å². The minimum atomic E-state index is -0.281. The van der Waals surface area contributed by atoms with Gasteiger partial charge in [0.25, 0.3) is 0 Å². The van der Waals surface area contributed by atoms with E-state index >= 15 is 0 Å². The fourth-order valence-electron chi connectivity index (χ4n) is 4.15. The fraction of sp³-hybridized carbons (Fsp3) is 0.138. The first kappa shape index (κ1) is 23.1. The van der Waals surface area contributed by atoms with Crippen molar-refractivity contribution < 1.29 is 9.47 Å². The van der Waals surface area contributed by atoms with Crippen molar-refractivity contribution in [3.05, 3.63) is 84.3 Å². The van der Waals surface area contributed by atoms with Gasteiger partial charge in [0.05, 0.1) is 31.5 Å². The second kappa shape index (κ2) is 9.90. The van der Waals surface area contributed by atoms with Gasteiger partial charge in [-0.15, -0.1) is 0 Å². The molecular weight excluding hydrogens is 450 g/mol. The number of aromatic nitrogens is 3. The van der Waals surface area contributed by atoms with E-state index in [4.69, 9.17) is 20.9 Å². The van der Waals surface area contributed by atoms with E-state index in [9.17, 15) is 0 Å². The summed E-state index contributed by atoms with van der Waals surface area (Å²) >= 11 is 0. The van der Waals surface area contributed by atoms with E-state index in [1.165, 1.54) is 0 Å². The Morgan fingerprint density at radius 2 is 1.67 bits per heavy atom. The molecule has 7 nitrogen and oxygen atoms in total. The monoisotopic (exact) mass is 475 g/mol. The Bertz CT molecular complexity index is 1620. The van der Waals surface area contributed by atoms with Gasteiger partial charge in [0.2, 0.25) is 0 Å². The minimum Gasteiger partial charge on any atom is -0.493 e. The quantitative estimate of drug-likeness (QED) is 0.287. The Morgan fingerprint density at radius 1 is 0.889 bits per heavy atom. The number of anilines is 1. The number of benzene rings is 2. The van der Waals surface area contributed by atoms with Crippen molar-refractivity contribution in [2.24, 2.45) is 5.73 Å². The first-order valence-electron chi connectivity index (χ1n) is 11.4. The summed E-state index contributed by atoms with van der Waals surface area (Å²) in [5.74, 6) is 7.88. The number of hydrogen-bond acceptors (Lipinski definition) is 7. The second-order valence-corrected chi connectivity index (χ2v) is 8.36. The molecule has 0 fully saturated rings. The van der Waals surface area contributed by atoms with Crippen LogP contribution in [0.3, 0.4) is 0 Å². The summed E-state index contributed by atoms with van der Waals surface area (Å²) in [6, 6.07) is 17.5. The highest BCUT2D eigenvalue weighted by Gasteiger charge is 2.13. The Morgan fingerprint density at radius 3 is 2.44 bits per heavy atom. The topological polar surface area (TPSA) is 109 Å². The van der Waals surface area contributed by atoms with Gasteiger partial charge in [0.15, 0.2) is 11.5 Å². The number of rotatable bonds is 5. The molecule has 0 aliphatic rings. The highest BCUT2D eigenvalue weighted by atomic mass is 16.5. The molecule has 3 heterocycles. The van der Waals surface area contributed by atoms with Crippen LogP contribution in [-0.4, -0.2) is 35.2 Å². The summed E-state index contributed by atoms with van der Waals surface area (Å²) < 4.78 is 10.9. The first-order chi connectivity index (χ1) is 17.6. The largest absolute Gasteiger partial charge is 0.493 e. The van der Waals surface area contributed by atoms with Crippen molar-refractivity contribution in [2.45, 2.75) is 12.5 Å².